The van der Waals surface area contributed by atoms with E-state index in [1.807, 2.05) is 11.0 Å². The van der Waals surface area contributed by atoms with Gasteiger partial charge in [0.05, 0.1) is 0 Å². The molecule has 0 aromatic heterocycles. The van der Waals surface area contributed by atoms with E-state index in [-0.39, 0.29) is 24.7 Å². The zero-order valence-electron chi connectivity index (χ0n) is 8.96. The second-order valence-electron chi connectivity index (χ2n) is 3.82. The molecule has 2 aliphatic rings. The van der Waals surface area contributed by atoms with E-state index in [2.05, 4.69) is 6.08 Å². The van der Waals surface area contributed by atoms with Crippen molar-refractivity contribution in [2.45, 2.75) is 32.1 Å². The minimum Gasteiger partial charge on any atom is -0.860 e. The van der Waals surface area contributed by atoms with Gasteiger partial charge in [0.25, 0.3) is 0 Å². The van der Waals surface area contributed by atoms with Crippen LogP contribution in [-0.4, -0.2) is 18.0 Å². The van der Waals surface area contributed by atoms with Crippen molar-refractivity contribution < 1.29 is 24.0 Å². The van der Waals surface area contributed by atoms with Crippen molar-refractivity contribution in [1.29, 1.82) is 0 Å². The van der Waals surface area contributed by atoms with Gasteiger partial charge in [0, 0.05) is 13.1 Å². The summed E-state index contributed by atoms with van der Waals surface area (Å²) in [5, 5.41) is 11.8. The average Bonchev–Trinajstić information content (AvgIpc) is 2.71. The summed E-state index contributed by atoms with van der Waals surface area (Å²) in [5.41, 5.74) is 1.02. The number of rotatable bonds is 1. The molecule has 3 heteroatoms. The van der Waals surface area contributed by atoms with E-state index in [1.165, 1.54) is 19.3 Å². The molecular formula is C11H16LiNO. The van der Waals surface area contributed by atoms with E-state index in [0.717, 1.165) is 31.5 Å². The summed E-state index contributed by atoms with van der Waals surface area (Å²) in [6.07, 6.45) is 9.75. The van der Waals surface area contributed by atoms with Crippen LogP contribution in [0.4, 0.5) is 0 Å². The molecule has 0 aromatic carbocycles. The maximum atomic E-state index is 11.8. The Kier molecular flexibility index (Phi) is 4.64. The van der Waals surface area contributed by atoms with E-state index in [0.29, 0.717) is 0 Å². The Morgan fingerprint density at radius 1 is 1.21 bits per heavy atom. The number of hydrogen-bond acceptors (Lipinski definition) is 2. The quantitative estimate of drug-likeness (QED) is 0.363. The summed E-state index contributed by atoms with van der Waals surface area (Å²) in [6.45, 7) is 1.94. The van der Waals surface area contributed by atoms with E-state index in [9.17, 15) is 5.11 Å². The van der Waals surface area contributed by atoms with E-state index in [1.54, 1.807) is 0 Å². The molecule has 0 aromatic rings. The van der Waals surface area contributed by atoms with Crippen LogP contribution in [0.3, 0.4) is 0 Å². The monoisotopic (exact) mass is 185 g/mol. The SMILES string of the molecule is [Li+].[O-]/C(=C1\C=CCC1)N1CCCCC1. The fourth-order valence-corrected chi connectivity index (χ4v) is 2.03. The van der Waals surface area contributed by atoms with E-state index < -0.39 is 0 Å². The van der Waals surface area contributed by atoms with Gasteiger partial charge < -0.3 is 10.0 Å². The van der Waals surface area contributed by atoms with Crippen molar-refractivity contribution in [3.63, 3.8) is 0 Å². The second-order valence-corrected chi connectivity index (χ2v) is 3.82. The molecule has 2 rings (SSSR count). The molecule has 1 fully saturated rings. The first-order valence-electron chi connectivity index (χ1n) is 5.19. The largest absolute Gasteiger partial charge is 1.00 e. The molecule has 0 unspecified atom stereocenters. The van der Waals surface area contributed by atoms with Gasteiger partial charge in [0.15, 0.2) is 0 Å². The van der Waals surface area contributed by atoms with Crippen LogP contribution in [-0.2, 0) is 0 Å². The van der Waals surface area contributed by atoms with Crippen LogP contribution in [0.25, 0.3) is 0 Å². The Morgan fingerprint density at radius 3 is 2.50 bits per heavy atom. The van der Waals surface area contributed by atoms with Gasteiger partial charge in [0.1, 0.15) is 0 Å². The summed E-state index contributed by atoms with van der Waals surface area (Å²) >= 11 is 0. The van der Waals surface area contributed by atoms with Gasteiger partial charge >= 0.3 is 18.9 Å². The molecule has 14 heavy (non-hydrogen) atoms. The molecule has 1 heterocycles. The zero-order valence-corrected chi connectivity index (χ0v) is 8.96. The molecule has 0 spiro atoms. The third-order valence-corrected chi connectivity index (χ3v) is 2.82. The minimum absolute atomic E-state index is 0. The Bertz CT molecular complexity index is 242. The normalized spacial score (nSPS) is 24.7. The van der Waals surface area contributed by atoms with Crippen LogP contribution in [0.2, 0.25) is 0 Å². The summed E-state index contributed by atoms with van der Waals surface area (Å²) in [6, 6.07) is 0. The van der Waals surface area contributed by atoms with Crippen molar-refractivity contribution in [2.24, 2.45) is 0 Å². The van der Waals surface area contributed by atoms with Crippen LogP contribution < -0.4 is 24.0 Å². The van der Waals surface area contributed by atoms with Gasteiger partial charge in [-0.2, -0.15) is 0 Å². The van der Waals surface area contributed by atoms with Crippen molar-refractivity contribution in [2.75, 3.05) is 13.1 Å². The number of nitrogens with zero attached hydrogens (tertiary/aromatic N) is 1. The minimum atomic E-state index is 0. The standard InChI is InChI=1S/C11H17NO.Li/c13-11(10-6-2-3-7-10)12-8-4-1-5-9-12;/h2,6,13H,1,3-5,7-9H2;/q;+1/p-1/b11-10+;. The first kappa shape index (κ1) is 11.8. The van der Waals surface area contributed by atoms with Gasteiger partial charge in [-0.25, -0.2) is 0 Å². The zero-order chi connectivity index (χ0) is 9.10. The molecule has 0 N–H and O–H groups in total. The van der Waals surface area contributed by atoms with Crippen molar-refractivity contribution in [1.82, 2.24) is 4.90 Å². The van der Waals surface area contributed by atoms with Crippen LogP contribution in [0.15, 0.2) is 23.6 Å². The van der Waals surface area contributed by atoms with E-state index >= 15 is 0 Å². The Morgan fingerprint density at radius 2 is 1.93 bits per heavy atom. The summed E-state index contributed by atoms with van der Waals surface area (Å²) in [4.78, 5) is 2.01. The van der Waals surface area contributed by atoms with Gasteiger partial charge in [-0.15, -0.1) is 0 Å². The summed E-state index contributed by atoms with van der Waals surface area (Å²) in [5.74, 6) is 0.286. The second kappa shape index (κ2) is 5.53. The fraction of sp³-hybridized carbons (Fsp3) is 0.636. The smallest absolute Gasteiger partial charge is 0.860 e. The predicted molar refractivity (Wildman–Crippen MR) is 50.8 cm³/mol. The first-order valence-corrected chi connectivity index (χ1v) is 5.19. The molecule has 1 aliphatic heterocycles. The van der Waals surface area contributed by atoms with Gasteiger partial charge in [-0.1, -0.05) is 12.2 Å². The Hall–Kier alpha value is -0.323. The van der Waals surface area contributed by atoms with Gasteiger partial charge in [-0.3, -0.25) is 0 Å². The molecule has 1 saturated heterocycles. The average molecular weight is 185 g/mol. The van der Waals surface area contributed by atoms with E-state index in [4.69, 9.17) is 0 Å². The molecule has 0 saturated carbocycles. The number of hydrogen-bond donors (Lipinski definition) is 0. The third-order valence-electron chi connectivity index (χ3n) is 2.82. The maximum Gasteiger partial charge on any atom is 1.00 e. The molecule has 0 atom stereocenters. The molecule has 72 valence electrons. The van der Waals surface area contributed by atoms with Crippen LogP contribution in [0.5, 0.6) is 0 Å². The number of likely N-dealkylation sites (tertiary alicyclic amines) is 1. The molecule has 2 nitrogen and oxygen atoms in total. The number of allylic oxidation sites excluding steroid dienone is 3. The number of piperidine rings is 1. The van der Waals surface area contributed by atoms with Gasteiger partial charge in [0.2, 0.25) is 0 Å². The van der Waals surface area contributed by atoms with Gasteiger partial charge in [-0.05, 0) is 43.6 Å². The predicted octanol–water partition coefficient (Wildman–Crippen LogP) is -1.60. The molecule has 0 radical (unpaired) electrons. The topological polar surface area (TPSA) is 26.3 Å². The molecular weight excluding hydrogens is 169 g/mol. The third kappa shape index (κ3) is 2.59. The van der Waals surface area contributed by atoms with Crippen molar-refractivity contribution >= 4 is 0 Å². The molecule has 1 aliphatic carbocycles. The summed E-state index contributed by atoms with van der Waals surface area (Å²) < 4.78 is 0. The Labute approximate surface area is 97.8 Å². The Balaban J connectivity index is 0.000000980. The van der Waals surface area contributed by atoms with Crippen molar-refractivity contribution in [3.8, 4) is 0 Å². The van der Waals surface area contributed by atoms with Crippen LogP contribution >= 0.6 is 0 Å². The van der Waals surface area contributed by atoms with Crippen molar-refractivity contribution in [3.05, 3.63) is 23.6 Å². The summed E-state index contributed by atoms with van der Waals surface area (Å²) in [7, 11) is 0. The first-order chi connectivity index (χ1) is 6.38. The molecule has 0 amide bonds. The van der Waals surface area contributed by atoms with Crippen LogP contribution in [0, 0.1) is 0 Å². The fourth-order valence-electron chi connectivity index (χ4n) is 2.03. The van der Waals surface area contributed by atoms with Crippen LogP contribution in [0.1, 0.15) is 32.1 Å². The molecule has 0 bridgehead atoms. The maximum absolute atomic E-state index is 11.8.